The minimum atomic E-state index is -0.442. The molecule has 0 saturated carbocycles. The summed E-state index contributed by atoms with van der Waals surface area (Å²) in [6, 6.07) is 13.3. The van der Waals surface area contributed by atoms with Crippen molar-refractivity contribution in [2.75, 3.05) is 23.9 Å². The van der Waals surface area contributed by atoms with Crippen LogP contribution in [0, 0.1) is 13.8 Å². The summed E-state index contributed by atoms with van der Waals surface area (Å²) in [7, 11) is 1.57. The van der Waals surface area contributed by atoms with Crippen LogP contribution in [0.4, 0.5) is 11.4 Å². The second-order valence-corrected chi connectivity index (χ2v) is 7.92. The van der Waals surface area contributed by atoms with Crippen molar-refractivity contribution in [3.63, 3.8) is 0 Å². The number of amides is 2. The first kappa shape index (κ1) is 19.9. The van der Waals surface area contributed by atoms with Crippen LogP contribution in [0.5, 0.6) is 5.75 Å². The molecule has 0 bridgehead atoms. The summed E-state index contributed by atoms with van der Waals surface area (Å²) in [6.07, 6.45) is 0. The highest BCUT2D eigenvalue weighted by molar-refractivity contribution is 8.15. The van der Waals surface area contributed by atoms with Gasteiger partial charge in [-0.1, -0.05) is 35.5 Å². The van der Waals surface area contributed by atoms with Gasteiger partial charge in [0.25, 0.3) is 5.91 Å². The maximum absolute atomic E-state index is 12.7. The highest BCUT2D eigenvalue weighted by Crippen LogP contribution is 2.29. The lowest BCUT2D eigenvalue weighted by Gasteiger charge is -2.20. The number of amidine groups is 1. The Balaban J connectivity index is 1.72. The number of rotatable bonds is 5. The predicted molar refractivity (Wildman–Crippen MR) is 114 cm³/mol. The van der Waals surface area contributed by atoms with Crippen LogP contribution in [0.25, 0.3) is 0 Å². The van der Waals surface area contributed by atoms with Crippen molar-refractivity contribution in [1.82, 2.24) is 0 Å². The third-order valence-corrected chi connectivity index (χ3v) is 5.44. The molecule has 2 amide bonds. The van der Waals surface area contributed by atoms with E-state index in [1.54, 1.807) is 18.9 Å². The van der Waals surface area contributed by atoms with E-state index in [1.807, 2.05) is 56.3 Å². The van der Waals surface area contributed by atoms with Gasteiger partial charge in [0.1, 0.15) is 12.3 Å². The molecule has 7 heteroatoms. The van der Waals surface area contributed by atoms with Crippen molar-refractivity contribution < 1.29 is 14.3 Å². The van der Waals surface area contributed by atoms with Gasteiger partial charge in [0.15, 0.2) is 5.17 Å². The average Bonchev–Trinajstić information content (AvgIpc) is 3.03. The number of hydrogen-bond acceptors (Lipinski definition) is 5. The van der Waals surface area contributed by atoms with Crippen molar-refractivity contribution in [1.29, 1.82) is 0 Å². The van der Waals surface area contributed by atoms with E-state index in [9.17, 15) is 9.59 Å². The summed E-state index contributed by atoms with van der Waals surface area (Å²) in [4.78, 5) is 30.9. The highest BCUT2D eigenvalue weighted by Gasteiger charge is 2.30. The summed E-state index contributed by atoms with van der Waals surface area (Å²) < 4.78 is 5.31. The van der Waals surface area contributed by atoms with Gasteiger partial charge in [-0.05, 0) is 50.6 Å². The first-order valence-corrected chi connectivity index (χ1v) is 9.83. The van der Waals surface area contributed by atoms with E-state index >= 15 is 0 Å². The van der Waals surface area contributed by atoms with Crippen LogP contribution < -0.4 is 15.0 Å². The number of nitrogens with one attached hydrogen (secondary N) is 1. The van der Waals surface area contributed by atoms with E-state index in [4.69, 9.17) is 4.74 Å². The molecule has 0 radical (unpaired) electrons. The number of nitrogens with zero attached hydrogens (tertiary/aromatic N) is 2. The van der Waals surface area contributed by atoms with Crippen molar-refractivity contribution in [3.05, 3.63) is 53.6 Å². The normalized spacial score (nSPS) is 14.6. The van der Waals surface area contributed by atoms with Crippen LogP contribution in [0.3, 0.4) is 0 Å². The van der Waals surface area contributed by atoms with Crippen LogP contribution in [0.2, 0.25) is 0 Å². The first-order chi connectivity index (χ1) is 13.4. The number of carbonyl (C=O) groups excluding carboxylic acids is 2. The Labute approximate surface area is 169 Å². The van der Waals surface area contributed by atoms with Crippen molar-refractivity contribution >= 4 is 40.1 Å². The fraction of sp³-hybridized carbons (Fsp3) is 0.286. The largest absolute Gasteiger partial charge is 0.495 e. The zero-order valence-electron chi connectivity index (χ0n) is 16.4. The maximum Gasteiger partial charge on any atom is 0.254 e. The summed E-state index contributed by atoms with van der Waals surface area (Å²) >= 11 is 1.27. The molecule has 6 nitrogen and oxygen atoms in total. The van der Waals surface area contributed by atoms with E-state index in [0.717, 1.165) is 16.8 Å². The Hall–Kier alpha value is -2.80. The molecule has 0 aliphatic carbocycles. The lowest BCUT2D eigenvalue weighted by Crippen LogP contribution is -2.33. The van der Waals surface area contributed by atoms with E-state index in [-0.39, 0.29) is 18.4 Å². The van der Waals surface area contributed by atoms with Crippen LogP contribution in [0.1, 0.15) is 18.1 Å². The van der Waals surface area contributed by atoms with Crippen LogP contribution >= 0.6 is 11.8 Å². The summed E-state index contributed by atoms with van der Waals surface area (Å²) in [5.41, 5.74) is 3.51. The van der Waals surface area contributed by atoms with Gasteiger partial charge >= 0.3 is 0 Å². The Morgan fingerprint density at radius 3 is 2.54 bits per heavy atom. The monoisotopic (exact) mass is 397 g/mol. The lowest BCUT2D eigenvalue weighted by atomic mass is 10.2. The molecule has 28 heavy (non-hydrogen) atoms. The number of carbonyl (C=O) groups is 2. The number of aliphatic imine (C=N–C) groups is 1. The molecule has 0 spiro atoms. The quantitative estimate of drug-likeness (QED) is 0.834. The van der Waals surface area contributed by atoms with E-state index < -0.39 is 5.25 Å². The number of ether oxygens (including phenoxy) is 1. The van der Waals surface area contributed by atoms with Crippen molar-refractivity contribution in [2.45, 2.75) is 26.0 Å². The van der Waals surface area contributed by atoms with Crippen LogP contribution in [-0.2, 0) is 9.59 Å². The molecule has 146 valence electrons. The molecule has 1 atom stereocenters. The third-order valence-electron chi connectivity index (χ3n) is 4.35. The highest BCUT2D eigenvalue weighted by atomic mass is 32.2. The van der Waals surface area contributed by atoms with Crippen molar-refractivity contribution in [2.24, 2.45) is 4.99 Å². The molecule has 1 aliphatic heterocycles. The molecule has 0 saturated heterocycles. The van der Waals surface area contributed by atoms with Gasteiger partial charge in [-0.15, -0.1) is 0 Å². The van der Waals surface area contributed by atoms with Gasteiger partial charge in [-0.2, -0.15) is 0 Å². The Bertz CT molecular complexity index is 925. The fourth-order valence-electron chi connectivity index (χ4n) is 2.79. The SMILES string of the molecule is COc1ccc(C)cc1NC(=O)[C@H](C)SC1=NCC(=O)N1c1ccc(C)cc1. The molecule has 0 unspecified atom stereocenters. The van der Waals surface area contributed by atoms with Gasteiger partial charge in [0, 0.05) is 0 Å². The number of anilines is 2. The molecule has 2 aromatic carbocycles. The second-order valence-electron chi connectivity index (χ2n) is 6.62. The van der Waals surface area contributed by atoms with E-state index in [2.05, 4.69) is 10.3 Å². The van der Waals surface area contributed by atoms with Crippen LogP contribution in [-0.4, -0.2) is 35.9 Å². The predicted octanol–water partition coefficient (Wildman–Crippen LogP) is 3.78. The molecule has 0 fully saturated rings. The summed E-state index contributed by atoms with van der Waals surface area (Å²) in [5.74, 6) is 0.324. The Morgan fingerprint density at radius 2 is 1.86 bits per heavy atom. The minimum Gasteiger partial charge on any atom is -0.495 e. The summed E-state index contributed by atoms with van der Waals surface area (Å²) in [5, 5.41) is 3.00. The van der Waals surface area contributed by atoms with Gasteiger partial charge in [0.2, 0.25) is 5.91 Å². The molecule has 1 heterocycles. The zero-order valence-corrected chi connectivity index (χ0v) is 17.2. The third kappa shape index (κ3) is 4.36. The molecule has 3 rings (SSSR count). The minimum absolute atomic E-state index is 0.0935. The standard InChI is InChI=1S/C21H23N3O3S/c1-13-5-8-16(9-6-13)24-19(25)12-22-21(24)28-15(3)20(26)23-17-11-14(2)7-10-18(17)27-4/h5-11,15H,12H2,1-4H3,(H,23,26)/t15-/m0/s1. The average molecular weight is 398 g/mol. The second kappa shape index (κ2) is 8.48. The fourth-order valence-corrected chi connectivity index (χ4v) is 3.72. The van der Waals surface area contributed by atoms with Crippen LogP contribution in [0.15, 0.2) is 47.5 Å². The Morgan fingerprint density at radius 1 is 1.18 bits per heavy atom. The van der Waals surface area contributed by atoms with Crippen molar-refractivity contribution in [3.8, 4) is 5.75 Å². The number of benzene rings is 2. The number of hydrogen-bond donors (Lipinski definition) is 1. The first-order valence-electron chi connectivity index (χ1n) is 8.95. The summed E-state index contributed by atoms with van der Waals surface area (Å²) in [6.45, 7) is 5.83. The lowest BCUT2D eigenvalue weighted by molar-refractivity contribution is -0.116. The molecular weight excluding hydrogens is 374 g/mol. The molecule has 2 aromatic rings. The van der Waals surface area contributed by atoms with E-state index in [0.29, 0.717) is 16.6 Å². The number of aryl methyl sites for hydroxylation is 2. The molecule has 1 aliphatic rings. The maximum atomic E-state index is 12.7. The van der Waals surface area contributed by atoms with Gasteiger partial charge < -0.3 is 10.1 Å². The molecule has 0 aromatic heterocycles. The van der Waals surface area contributed by atoms with Gasteiger partial charge in [0.05, 0.1) is 23.7 Å². The number of methoxy groups -OCH3 is 1. The van der Waals surface area contributed by atoms with Gasteiger partial charge in [-0.3, -0.25) is 19.5 Å². The van der Waals surface area contributed by atoms with E-state index in [1.165, 1.54) is 11.8 Å². The topological polar surface area (TPSA) is 71.0 Å². The molecular formula is C21H23N3O3S. The molecule has 1 N–H and O–H groups in total. The smallest absolute Gasteiger partial charge is 0.254 e. The zero-order chi connectivity index (χ0) is 20.3. The van der Waals surface area contributed by atoms with Gasteiger partial charge in [-0.25, -0.2) is 0 Å². The number of thioether (sulfide) groups is 1. The Kier molecular flexibility index (Phi) is 6.04.